The molecule has 8 nitrogen and oxygen atoms in total. The number of benzene rings is 1. The van der Waals surface area contributed by atoms with Crippen molar-refractivity contribution in [2.75, 3.05) is 36.5 Å². The van der Waals surface area contributed by atoms with Crippen LogP contribution in [0.1, 0.15) is 34.4 Å². The molecule has 0 atom stereocenters. The van der Waals surface area contributed by atoms with Crippen molar-refractivity contribution in [2.24, 2.45) is 0 Å². The maximum absolute atomic E-state index is 12.6. The fourth-order valence-corrected chi connectivity index (χ4v) is 4.98. The Morgan fingerprint density at radius 1 is 1.15 bits per heavy atom. The number of aryl methyl sites for hydroxylation is 4. The topological polar surface area (TPSA) is 100 Å². The number of nitrogens with one attached hydrogen (secondary N) is 2. The predicted octanol–water partition coefficient (Wildman–Crippen LogP) is 3.53. The van der Waals surface area contributed by atoms with Crippen LogP contribution in [0, 0.1) is 27.7 Å². The van der Waals surface area contributed by atoms with E-state index in [4.69, 9.17) is 4.74 Å². The molecule has 2 aromatic heterocycles. The zero-order valence-corrected chi connectivity index (χ0v) is 20.3. The average molecular weight is 468 g/mol. The van der Waals surface area contributed by atoms with Crippen LogP contribution in [0.15, 0.2) is 22.3 Å². The van der Waals surface area contributed by atoms with E-state index >= 15 is 0 Å². The van der Waals surface area contributed by atoms with Crippen molar-refractivity contribution in [2.45, 2.75) is 40.5 Å². The third kappa shape index (κ3) is 5.31. The fraction of sp³-hybridized carbons (Fsp3) is 0.417. The van der Waals surface area contributed by atoms with Gasteiger partial charge in [0.25, 0.3) is 5.56 Å². The van der Waals surface area contributed by atoms with Crippen molar-refractivity contribution >= 4 is 28.3 Å². The minimum atomic E-state index is -0.196. The predicted molar refractivity (Wildman–Crippen MR) is 131 cm³/mol. The van der Waals surface area contributed by atoms with Gasteiger partial charge in [0.05, 0.1) is 18.9 Å². The first-order chi connectivity index (χ1) is 15.8. The highest BCUT2D eigenvalue weighted by atomic mass is 32.1. The van der Waals surface area contributed by atoms with E-state index in [2.05, 4.69) is 53.2 Å². The molecule has 1 saturated heterocycles. The number of aromatic amines is 1. The van der Waals surface area contributed by atoms with Crippen molar-refractivity contribution in [1.82, 2.24) is 15.0 Å². The number of thiazole rings is 1. The highest BCUT2D eigenvalue weighted by molar-refractivity contribution is 7.14. The Morgan fingerprint density at radius 3 is 2.52 bits per heavy atom. The Morgan fingerprint density at radius 2 is 1.85 bits per heavy atom. The van der Waals surface area contributed by atoms with Gasteiger partial charge in [0.2, 0.25) is 11.9 Å². The second-order valence-electron chi connectivity index (χ2n) is 8.41. The van der Waals surface area contributed by atoms with Gasteiger partial charge >= 0.3 is 0 Å². The lowest BCUT2D eigenvalue weighted by molar-refractivity contribution is -0.116. The number of hydrogen-bond acceptors (Lipinski definition) is 7. The number of hydrogen-bond donors (Lipinski definition) is 2. The summed E-state index contributed by atoms with van der Waals surface area (Å²) >= 11 is 1.40. The molecule has 2 N–H and O–H groups in total. The molecule has 0 bridgehead atoms. The summed E-state index contributed by atoms with van der Waals surface area (Å²) in [5.41, 5.74) is 6.50. The Labute approximate surface area is 197 Å². The molecule has 3 heterocycles. The Bertz CT molecular complexity index is 1200. The van der Waals surface area contributed by atoms with E-state index in [-0.39, 0.29) is 17.9 Å². The van der Waals surface area contributed by atoms with Gasteiger partial charge in [-0.2, -0.15) is 0 Å². The standard InChI is InChI=1S/C24H29N5O3S/c1-14-11-15(2)21(16(3)12-14)19-13-33-24(26-19)27-20(30)6-5-18-17(4)25-23(28-22(18)31)29-7-9-32-10-8-29/h11-13H,5-10H2,1-4H3,(H,25,28,31)(H,26,27,30). The number of H-pyrrole nitrogens is 1. The largest absolute Gasteiger partial charge is 0.378 e. The molecule has 0 radical (unpaired) electrons. The van der Waals surface area contributed by atoms with E-state index < -0.39 is 0 Å². The van der Waals surface area contributed by atoms with Gasteiger partial charge in [-0.15, -0.1) is 11.3 Å². The lowest BCUT2D eigenvalue weighted by Crippen LogP contribution is -2.38. The number of anilines is 2. The highest BCUT2D eigenvalue weighted by Gasteiger charge is 2.17. The molecule has 0 unspecified atom stereocenters. The van der Waals surface area contributed by atoms with E-state index in [0.717, 1.165) is 11.3 Å². The SMILES string of the molecule is Cc1cc(C)c(-c2csc(NC(=O)CCc3c(C)nc(N4CCOCC4)[nH]c3=O)n2)c(C)c1. The van der Waals surface area contributed by atoms with E-state index in [1.807, 2.05) is 17.2 Å². The van der Waals surface area contributed by atoms with Crippen molar-refractivity contribution in [3.05, 3.63) is 55.8 Å². The molecule has 1 aromatic carbocycles. The van der Waals surface area contributed by atoms with Crippen LogP contribution in [-0.2, 0) is 16.0 Å². The molecule has 1 aliphatic heterocycles. The maximum atomic E-state index is 12.6. The summed E-state index contributed by atoms with van der Waals surface area (Å²) in [4.78, 5) is 39.2. The quantitative estimate of drug-likeness (QED) is 0.575. The monoisotopic (exact) mass is 467 g/mol. The van der Waals surface area contributed by atoms with Crippen molar-refractivity contribution in [3.63, 3.8) is 0 Å². The molecule has 3 aromatic rings. The van der Waals surface area contributed by atoms with Crippen LogP contribution in [0.3, 0.4) is 0 Å². The molecule has 1 fully saturated rings. The van der Waals surface area contributed by atoms with Crippen molar-refractivity contribution < 1.29 is 9.53 Å². The van der Waals surface area contributed by atoms with Gasteiger partial charge < -0.3 is 15.0 Å². The lowest BCUT2D eigenvalue weighted by atomic mass is 9.98. The molecule has 0 spiro atoms. The summed E-state index contributed by atoms with van der Waals surface area (Å²) < 4.78 is 5.35. The fourth-order valence-electron chi connectivity index (χ4n) is 4.27. The summed E-state index contributed by atoms with van der Waals surface area (Å²) in [6, 6.07) is 4.27. The number of carbonyl (C=O) groups is 1. The number of ether oxygens (including phenoxy) is 1. The molecule has 33 heavy (non-hydrogen) atoms. The second-order valence-corrected chi connectivity index (χ2v) is 9.27. The van der Waals surface area contributed by atoms with Crippen molar-refractivity contribution in [1.29, 1.82) is 0 Å². The van der Waals surface area contributed by atoms with Gasteiger partial charge in [0.1, 0.15) is 0 Å². The van der Waals surface area contributed by atoms with Gasteiger partial charge in [0.15, 0.2) is 5.13 Å². The summed E-state index contributed by atoms with van der Waals surface area (Å²) in [6.07, 6.45) is 0.498. The third-order valence-corrected chi connectivity index (χ3v) is 6.56. The normalized spacial score (nSPS) is 13.9. The second kappa shape index (κ2) is 9.84. The lowest BCUT2D eigenvalue weighted by Gasteiger charge is -2.27. The van der Waals surface area contributed by atoms with E-state index in [1.165, 1.54) is 28.0 Å². The zero-order chi connectivity index (χ0) is 23.5. The Hall–Kier alpha value is -3.04. The van der Waals surface area contributed by atoms with Crippen molar-refractivity contribution in [3.8, 4) is 11.3 Å². The van der Waals surface area contributed by atoms with Crippen LogP contribution in [-0.4, -0.2) is 47.2 Å². The van der Waals surface area contributed by atoms with Crippen LogP contribution in [0.5, 0.6) is 0 Å². The van der Waals surface area contributed by atoms with E-state index in [0.29, 0.717) is 55.1 Å². The molecule has 0 saturated carbocycles. The summed E-state index contributed by atoms with van der Waals surface area (Å²) in [7, 11) is 0. The highest BCUT2D eigenvalue weighted by Crippen LogP contribution is 2.31. The first kappa shape index (κ1) is 23.1. The number of aromatic nitrogens is 3. The molecule has 1 amide bonds. The number of nitrogens with zero attached hydrogens (tertiary/aromatic N) is 3. The minimum Gasteiger partial charge on any atom is -0.378 e. The van der Waals surface area contributed by atoms with Gasteiger partial charge in [-0.1, -0.05) is 17.7 Å². The van der Waals surface area contributed by atoms with E-state index in [9.17, 15) is 9.59 Å². The number of amides is 1. The Kier molecular flexibility index (Phi) is 6.90. The minimum absolute atomic E-state index is 0.177. The van der Waals surface area contributed by atoms with Gasteiger partial charge in [-0.3, -0.25) is 14.6 Å². The maximum Gasteiger partial charge on any atom is 0.255 e. The van der Waals surface area contributed by atoms with Gasteiger partial charge in [0, 0.05) is 41.7 Å². The number of morpholine rings is 1. The zero-order valence-electron chi connectivity index (χ0n) is 19.4. The summed E-state index contributed by atoms with van der Waals surface area (Å²) in [6.45, 7) is 10.7. The van der Waals surface area contributed by atoms with Crippen LogP contribution < -0.4 is 15.8 Å². The van der Waals surface area contributed by atoms with Crippen LogP contribution in [0.4, 0.5) is 11.1 Å². The van der Waals surface area contributed by atoms with Crippen LogP contribution in [0.25, 0.3) is 11.3 Å². The third-order valence-electron chi connectivity index (χ3n) is 5.81. The molecule has 9 heteroatoms. The molecular weight excluding hydrogens is 438 g/mol. The average Bonchev–Trinajstić information content (AvgIpc) is 3.20. The number of carbonyl (C=O) groups excluding carboxylic acids is 1. The Balaban J connectivity index is 1.40. The van der Waals surface area contributed by atoms with Crippen LogP contribution in [0.2, 0.25) is 0 Å². The van der Waals surface area contributed by atoms with E-state index in [1.54, 1.807) is 0 Å². The molecule has 4 rings (SSSR count). The molecule has 0 aliphatic carbocycles. The molecule has 1 aliphatic rings. The molecule has 174 valence electrons. The van der Waals surface area contributed by atoms with Gasteiger partial charge in [-0.25, -0.2) is 9.97 Å². The first-order valence-electron chi connectivity index (χ1n) is 11.1. The first-order valence-corrected chi connectivity index (χ1v) is 12.0. The van der Waals surface area contributed by atoms with Crippen LogP contribution >= 0.6 is 11.3 Å². The summed E-state index contributed by atoms with van der Waals surface area (Å²) in [5, 5.41) is 5.39. The summed E-state index contributed by atoms with van der Waals surface area (Å²) in [5.74, 6) is 0.385. The number of rotatable bonds is 6. The van der Waals surface area contributed by atoms with Gasteiger partial charge in [-0.05, 0) is 45.2 Å². The molecular formula is C24H29N5O3S. The smallest absolute Gasteiger partial charge is 0.255 e.